The lowest BCUT2D eigenvalue weighted by Gasteiger charge is -2.22. The molecule has 5 heteroatoms. The molecule has 0 aromatic carbocycles. The molecule has 0 aromatic heterocycles. The van der Waals surface area contributed by atoms with E-state index in [1.165, 1.54) is 13.5 Å². The lowest BCUT2D eigenvalue weighted by atomic mass is 9.97. The summed E-state index contributed by atoms with van der Waals surface area (Å²) in [6, 6.07) is 0. The van der Waals surface area contributed by atoms with Crippen molar-refractivity contribution in [3.63, 3.8) is 0 Å². The molecule has 0 saturated carbocycles. The van der Waals surface area contributed by atoms with Crippen LogP contribution < -0.4 is 10.0 Å². The third kappa shape index (κ3) is 4.06. The fourth-order valence-corrected chi connectivity index (χ4v) is 2.44. The average Bonchev–Trinajstić information content (AvgIpc) is 2.17. The van der Waals surface area contributed by atoms with Crippen LogP contribution in [0.4, 0.5) is 0 Å². The summed E-state index contributed by atoms with van der Waals surface area (Å²) in [6.45, 7) is 2.05. The standard InChI is InChI=1S/C8H18N2O2S/c1-9-13(11,12)6-4-8-3-2-5-10-7-8/h8-10H,2-7H2,1H3. The Kier molecular flexibility index (Phi) is 4.15. The van der Waals surface area contributed by atoms with Crippen LogP contribution in [0, 0.1) is 5.92 Å². The summed E-state index contributed by atoms with van der Waals surface area (Å²) >= 11 is 0. The Labute approximate surface area is 80.1 Å². The smallest absolute Gasteiger partial charge is 0.211 e. The molecular formula is C8H18N2O2S. The number of hydrogen-bond acceptors (Lipinski definition) is 3. The van der Waals surface area contributed by atoms with Gasteiger partial charge in [-0.1, -0.05) is 0 Å². The van der Waals surface area contributed by atoms with Crippen LogP contribution in [0.3, 0.4) is 0 Å². The summed E-state index contributed by atoms with van der Waals surface area (Å²) in [5, 5.41) is 3.27. The Morgan fingerprint density at radius 3 is 2.85 bits per heavy atom. The molecule has 0 aliphatic carbocycles. The van der Waals surface area contributed by atoms with Gasteiger partial charge in [0.15, 0.2) is 0 Å². The van der Waals surface area contributed by atoms with Crippen molar-refractivity contribution in [3.8, 4) is 0 Å². The first-order valence-corrected chi connectivity index (χ1v) is 6.41. The quantitative estimate of drug-likeness (QED) is 0.677. The molecule has 4 nitrogen and oxygen atoms in total. The second-order valence-electron chi connectivity index (χ2n) is 3.52. The molecule has 78 valence electrons. The van der Waals surface area contributed by atoms with Crippen LogP contribution in [-0.4, -0.2) is 34.3 Å². The molecule has 0 bridgehead atoms. The van der Waals surface area contributed by atoms with Gasteiger partial charge in [0.25, 0.3) is 0 Å². The number of piperidine rings is 1. The van der Waals surface area contributed by atoms with Gasteiger partial charge in [-0.15, -0.1) is 0 Å². The molecule has 0 radical (unpaired) electrons. The maximum atomic E-state index is 11.1. The second kappa shape index (κ2) is 4.93. The number of hydrogen-bond donors (Lipinski definition) is 2. The predicted molar refractivity (Wildman–Crippen MR) is 53.1 cm³/mol. The molecule has 0 aromatic rings. The number of rotatable bonds is 4. The van der Waals surface area contributed by atoms with Gasteiger partial charge >= 0.3 is 0 Å². The molecule has 1 unspecified atom stereocenters. The summed E-state index contributed by atoms with van der Waals surface area (Å²) in [5.41, 5.74) is 0. The summed E-state index contributed by atoms with van der Waals surface area (Å²) in [5.74, 6) is 0.799. The van der Waals surface area contributed by atoms with E-state index in [9.17, 15) is 8.42 Å². The van der Waals surface area contributed by atoms with E-state index in [1.54, 1.807) is 0 Å². The van der Waals surface area contributed by atoms with Crippen molar-refractivity contribution < 1.29 is 8.42 Å². The minimum Gasteiger partial charge on any atom is -0.316 e. The van der Waals surface area contributed by atoms with Gasteiger partial charge < -0.3 is 5.32 Å². The maximum absolute atomic E-state index is 11.1. The molecule has 0 amide bonds. The van der Waals surface area contributed by atoms with Gasteiger partial charge in [-0.3, -0.25) is 0 Å². The van der Waals surface area contributed by atoms with Crippen molar-refractivity contribution in [2.75, 3.05) is 25.9 Å². The fraction of sp³-hybridized carbons (Fsp3) is 1.00. The van der Waals surface area contributed by atoms with E-state index in [0.29, 0.717) is 5.92 Å². The molecule has 13 heavy (non-hydrogen) atoms. The molecule has 1 aliphatic rings. The molecule has 0 spiro atoms. The molecule has 1 rings (SSSR count). The summed E-state index contributed by atoms with van der Waals surface area (Å²) < 4.78 is 24.6. The Bertz CT molecular complexity index is 233. The topological polar surface area (TPSA) is 58.2 Å². The highest BCUT2D eigenvalue weighted by Gasteiger charge is 2.16. The van der Waals surface area contributed by atoms with Gasteiger partial charge in [-0.05, 0) is 45.3 Å². The van der Waals surface area contributed by atoms with Crippen molar-refractivity contribution in [1.82, 2.24) is 10.0 Å². The second-order valence-corrected chi connectivity index (χ2v) is 5.57. The lowest BCUT2D eigenvalue weighted by Crippen LogP contribution is -2.32. The zero-order valence-electron chi connectivity index (χ0n) is 8.04. The largest absolute Gasteiger partial charge is 0.316 e. The number of sulfonamides is 1. The normalized spacial score (nSPS) is 24.5. The monoisotopic (exact) mass is 206 g/mol. The van der Waals surface area contributed by atoms with E-state index in [-0.39, 0.29) is 5.75 Å². The molecule has 1 saturated heterocycles. The Hall–Kier alpha value is -0.130. The summed E-state index contributed by atoms with van der Waals surface area (Å²) in [6.07, 6.45) is 3.10. The SMILES string of the molecule is CNS(=O)(=O)CCC1CCCNC1. The van der Waals surface area contributed by atoms with Crippen molar-refractivity contribution in [3.05, 3.63) is 0 Å². The first-order valence-electron chi connectivity index (χ1n) is 4.76. The van der Waals surface area contributed by atoms with E-state index in [1.807, 2.05) is 0 Å². The van der Waals surface area contributed by atoms with Crippen LogP contribution >= 0.6 is 0 Å². The van der Waals surface area contributed by atoms with Crippen LogP contribution in [0.25, 0.3) is 0 Å². The number of nitrogens with one attached hydrogen (secondary N) is 2. The Morgan fingerprint density at radius 2 is 2.31 bits per heavy atom. The van der Waals surface area contributed by atoms with E-state index in [0.717, 1.165) is 25.9 Å². The van der Waals surface area contributed by atoms with Crippen molar-refractivity contribution in [1.29, 1.82) is 0 Å². The van der Waals surface area contributed by atoms with Crippen LogP contribution in [0.15, 0.2) is 0 Å². The van der Waals surface area contributed by atoms with Gasteiger partial charge in [0, 0.05) is 0 Å². The minimum atomic E-state index is -3.00. The zero-order valence-corrected chi connectivity index (χ0v) is 8.86. The fourth-order valence-electron chi connectivity index (χ4n) is 1.59. The molecule has 1 fully saturated rings. The molecule has 1 atom stereocenters. The highest BCUT2D eigenvalue weighted by Crippen LogP contribution is 2.14. The van der Waals surface area contributed by atoms with E-state index in [2.05, 4.69) is 10.0 Å². The van der Waals surface area contributed by atoms with E-state index in [4.69, 9.17) is 0 Å². The van der Waals surface area contributed by atoms with E-state index < -0.39 is 10.0 Å². The summed E-state index contributed by atoms with van der Waals surface area (Å²) in [7, 11) is -1.53. The molecule has 1 heterocycles. The zero-order chi connectivity index (χ0) is 9.73. The highest BCUT2D eigenvalue weighted by atomic mass is 32.2. The summed E-state index contributed by atoms with van der Waals surface area (Å²) in [4.78, 5) is 0. The average molecular weight is 206 g/mol. The van der Waals surface area contributed by atoms with E-state index >= 15 is 0 Å². The Morgan fingerprint density at radius 1 is 1.54 bits per heavy atom. The maximum Gasteiger partial charge on any atom is 0.211 e. The van der Waals surface area contributed by atoms with Crippen LogP contribution in [0.5, 0.6) is 0 Å². The van der Waals surface area contributed by atoms with Gasteiger partial charge in [0.05, 0.1) is 5.75 Å². The van der Waals surface area contributed by atoms with Crippen molar-refractivity contribution in [2.45, 2.75) is 19.3 Å². The minimum absolute atomic E-state index is 0.260. The van der Waals surface area contributed by atoms with Crippen LogP contribution in [0.1, 0.15) is 19.3 Å². The van der Waals surface area contributed by atoms with Gasteiger partial charge in [0.1, 0.15) is 0 Å². The van der Waals surface area contributed by atoms with Crippen molar-refractivity contribution >= 4 is 10.0 Å². The van der Waals surface area contributed by atoms with Gasteiger partial charge in [-0.25, -0.2) is 13.1 Å². The van der Waals surface area contributed by atoms with Crippen molar-refractivity contribution in [2.24, 2.45) is 5.92 Å². The predicted octanol–water partition coefficient (Wildman–Crippen LogP) is -0.0747. The lowest BCUT2D eigenvalue weighted by molar-refractivity contribution is 0.368. The third-order valence-corrected chi connectivity index (χ3v) is 3.90. The first kappa shape index (κ1) is 10.9. The van der Waals surface area contributed by atoms with Gasteiger partial charge in [0.2, 0.25) is 10.0 Å². The molecular weight excluding hydrogens is 188 g/mol. The molecule has 1 aliphatic heterocycles. The van der Waals surface area contributed by atoms with Crippen LogP contribution in [-0.2, 0) is 10.0 Å². The molecule has 2 N–H and O–H groups in total. The van der Waals surface area contributed by atoms with Crippen LogP contribution in [0.2, 0.25) is 0 Å². The third-order valence-electron chi connectivity index (χ3n) is 2.50. The Balaban J connectivity index is 2.25. The highest BCUT2D eigenvalue weighted by molar-refractivity contribution is 7.89. The van der Waals surface area contributed by atoms with Gasteiger partial charge in [-0.2, -0.15) is 0 Å². The first-order chi connectivity index (χ1) is 6.14.